The van der Waals surface area contributed by atoms with Crippen LogP contribution in [0.5, 0.6) is 0 Å². The van der Waals surface area contributed by atoms with Gasteiger partial charge in [0.25, 0.3) is 0 Å². The Bertz CT molecular complexity index is 481. The molecule has 1 heterocycles. The number of halogens is 1. The van der Waals surface area contributed by atoms with Gasteiger partial charge in [0.05, 0.1) is 4.90 Å². The minimum Gasteiger partial charge on any atom is -0.306 e. The number of hydrogen-bond donors (Lipinski definition) is 0. The molecule has 1 saturated carbocycles. The summed E-state index contributed by atoms with van der Waals surface area (Å²) < 4.78 is 15.2. The monoisotopic (exact) mass is 312 g/mol. The van der Waals surface area contributed by atoms with E-state index in [1.165, 1.54) is 12.8 Å². The van der Waals surface area contributed by atoms with Gasteiger partial charge in [-0.3, -0.25) is 0 Å². The highest BCUT2D eigenvalue weighted by atomic mass is 35.5. The molecule has 1 aromatic rings. The van der Waals surface area contributed by atoms with E-state index in [4.69, 9.17) is 11.6 Å². The average Bonchev–Trinajstić information content (AvgIpc) is 3.26. The SMILES string of the molecule is CN1CCC(N(C2CC2)S(=O)c2ccc(Cl)cc2)CC1. The topological polar surface area (TPSA) is 23.6 Å². The second-order valence-corrected chi connectivity index (χ2v) is 7.66. The smallest absolute Gasteiger partial charge is 0.128 e. The minimum absolute atomic E-state index is 0.454. The van der Waals surface area contributed by atoms with E-state index in [0.29, 0.717) is 17.1 Å². The molecule has 2 fully saturated rings. The predicted molar refractivity (Wildman–Crippen MR) is 83.2 cm³/mol. The maximum atomic E-state index is 12.9. The van der Waals surface area contributed by atoms with E-state index in [1.807, 2.05) is 24.3 Å². The fraction of sp³-hybridized carbons (Fsp3) is 0.600. The third-order valence-corrected chi connectivity index (χ3v) is 6.07. The largest absolute Gasteiger partial charge is 0.306 e. The van der Waals surface area contributed by atoms with Gasteiger partial charge in [-0.2, -0.15) is 0 Å². The van der Waals surface area contributed by atoms with E-state index < -0.39 is 11.0 Å². The van der Waals surface area contributed by atoms with Crippen LogP contribution >= 0.6 is 11.6 Å². The molecule has 1 unspecified atom stereocenters. The fourth-order valence-corrected chi connectivity index (χ4v) is 4.52. The number of benzene rings is 1. The predicted octanol–water partition coefficient (Wildman–Crippen LogP) is 2.92. The van der Waals surface area contributed by atoms with Crippen LogP contribution < -0.4 is 0 Å². The molecule has 5 heteroatoms. The molecule has 0 radical (unpaired) electrons. The number of hydrogen-bond acceptors (Lipinski definition) is 2. The molecule has 1 aliphatic heterocycles. The molecule has 1 saturated heterocycles. The van der Waals surface area contributed by atoms with Crippen molar-refractivity contribution in [3.05, 3.63) is 29.3 Å². The number of likely N-dealkylation sites (tertiary alicyclic amines) is 1. The molecule has 0 bridgehead atoms. The Balaban J connectivity index is 1.76. The molecule has 20 heavy (non-hydrogen) atoms. The van der Waals surface area contributed by atoms with Crippen molar-refractivity contribution in [2.75, 3.05) is 20.1 Å². The normalized spacial score (nSPS) is 23.1. The summed E-state index contributed by atoms with van der Waals surface area (Å²) in [6.45, 7) is 2.21. The molecule has 0 spiro atoms. The molecule has 3 rings (SSSR count). The first kappa shape index (κ1) is 14.5. The van der Waals surface area contributed by atoms with E-state index in [0.717, 1.165) is 30.8 Å². The number of rotatable bonds is 4. The summed E-state index contributed by atoms with van der Waals surface area (Å²) >= 11 is 5.92. The van der Waals surface area contributed by atoms with Crippen molar-refractivity contribution in [2.45, 2.75) is 42.7 Å². The summed E-state index contributed by atoms with van der Waals surface area (Å²) in [5.41, 5.74) is 0. The van der Waals surface area contributed by atoms with Crippen LogP contribution in [-0.4, -0.2) is 45.6 Å². The summed E-state index contributed by atoms with van der Waals surface area (Å²) in [6.07, 6.45) is 4.61. The van der Waals surface area contributed by atoms with E-state index in [1.54, 1.807) is 0 Å². The molecule has 1 aromatic carbocycles. The highest BCUT2D eigenvalue weighted by Gasteiger charge is 2.39. The Kier molecular flexibility index (Phi) is 4.46. The summed E-state index contributed by atoms with van der Waals surface area (Å²) in [6, 6.07) is 8.41. The van der Waals surface area contributed by atoms with E-state index in [9.17, 15) is 4.21 Å². The zero-order valence-electron chi connectivity index (χ0n) is 11.8. The van der Waals surface area contributed by atoms with Crippen molar-refractivity contribution in [1.29, 1.82) is 0 Å². The molecule has 2 aliphatic rings. The number of nitrogens with zero attached hydrogens (tertiary/aromatic N) is 2. The van der Waals surface area contributed by atoms with E-state index >= 15 is 0 Å². The first-order valence-corrected chi connectivity index (χ1v) is 8.78. The Morgan fingerprint density at radius 3 is 2.20 bits per heavy atom. The lowest BCUT2D eigenvalue weighted by Crippen LogP contribution is -2.45. The van der Waals surface area contributed by atoms with Crippen LogP contribution in [0.1, 0.15) is 25.7 Å². The van der Waals surface area contributed by atoms with Crippen molar-refractivity contribution >= 4 is 22.6 Å². The van der Waals surface area contributed by atoms with E-state index in [-0.39, 0.29) is 0 Å². The van der Waals surface area contributed by atoms with Gasteiger partial charge in [0, 0.05) is 17.1 Å². The lowest BCUT2D eigenvalue weighted by Gasteiger charge is -2.36. The van der Waals surface area contributed by atoms with Crippen molar-refractivity contribution < 1.29 is 4.21 Å². The summed E-state index contributed by atoms with van der Waals surface area (Å²) in [7, 11) is 1.11. The third-order valence-electron chi connectivity index (χ3n) is 4.16. The molecule has 3 nitrogen and oxygen atoms in total. The van der Waals surface area contributed by atoms with Crippen LogP contribution in [0.3, 0.4) is 0 Å². The van der Waals surface area contributed by atoms with Gasteiger partial charge in [-0.05, 0) is 70.1 Å². The molecule has 0 N–H and O–H groups in total. The van der Waals surface area contributed by atoms with Crippen LogP contribution in [0.15, 0.2) is 29.2 Å². The lowest BCUT2D eigenvalue weighted by molar-refractivity contribution is 0.183. The Morgan fingerprint density at radius 2 is 1.65 bits per heavy atom. The third kappa shape index (κ3) is 3.25. The van der Waals surface area contributed by atoms with Gasteiger partial charge in [0.1, 0.15) is 11.0 Å². The molecular weight excluding hydrogens is 292 g/mol. The van der Waals surface area contributed by atoms with Gasteiger partial charge in [-0.25, -0.2) is 8.51 Å². The maximum absolute atomic E-state index is 12.9. The fourth-order valence-electron chi connectivity index (χ4n) is 2.82. The first-order chi connectivity index (χ1) is 9.65. The van der Waals surface area contributed by atoms with Gasteiger partial charge in [-0.15, -0.1) is 0 Å². The molecule has 1 aliphatic carbocycles. The zero-order valence-corrected chi connectivity index (χ0v) is 13.4. The standard InChI is InChI=1S/C15H21ClN2OS/c1-17-10-8-14(9-11-17)18(13-4-5-13)20(19)15-6-2-12(16)3-7-15/h2-3,6-7,13-14H,4-5,8-11H2,1H3. The van der Waals surface area contributed by atoms with Gasteiger partial charge >= 0.3 is 0 Å². The molecule has 110 valence electrons. The highest BCUT2D eigenvalue weighted by molar-refractivity contribution is 7.82. The quantitative estimate of drug-likeness (QED) is 0.853. The van der Waals surface area contributed by atoms with Crippen LogP contribution in [0, 0.1) is 0 Å². The number of piperidine rings is 1. The highest BCUT2D eigenvalue weighted by Crippen LogP contribution is 2.35. The second-order valence-electron chi connectivity index (χ2n) is 5.83. The van der Waals surface area contributed by atoms with Crippen LogP contribution in [0.4, 0.5) is 0 Å². The lowest BCUT2D eigenvalue weighted by atomic mass is 10.1. The molecule has 0 amide bonds. The van der Waals surface area contributed by atoms with E-state index in [2.05, 4.69) is 16.3 Å². The minimum atomic E-state index is -1.05. The van der Waals surface area contributed by atoms with Crippen molar-refractivity contribution in [2.24, 2.45) is 0 Å². The molecule has 1 atom stereocenters. The summed E-state index contributed by atoms with van der Waals surface area (Å²) in [4.78, 5) is 3.23. The van der Waals surface area contributed by atoms with Gasteiger partial charge in [0.2, 0.25) is 0 Å². The van der Waals surface area contributed by atoms with Gasteiger partial charge in [0.15, 0.2) is 0 Å². The van der Waals surface area contributed by atoms with Crippen molar-refractivity contribution in [3.63, 3.8) is 0 Å². The summed E-state index contributed by atoms with van der Waals surface area (Å²) in [5, 5.41) is 0.697. The Labute approximate surface area is 128 Å². The second kappa shape index (κ2) is 6.14. The van der Waals surface area contributed by atoms with Crippen LogP contribution in [-0.2, 0) is 11.0 Å². The average molecular weight is 313 g/mol. The first-order valence-electron chi connectivity index (χ1n) is 7.29. The molecule has 0 aromatic heterocycles. The Morgan fingerprint density at radius 1 is 1.10 bits per heavy atom. The summed E-state index contributed by atoms with van der Waals surface area (Å²) in [5.74, 6) is 0. The molecular formula is C15H21ClN2OS. The van der Waals surface area contributed by atoms with Crippen LogP contribution in [0.2, 0.25) is 5.02 Å². The zero-order chi connectivity index (χ0) is 14.1. The van der Waals surface area contributed by atoms with Crippen molar-refractivity contribution in [1.82, 2.24) is 9.21 Å². The van der Waals surface area contributed by atoms with Crippen LogP contribution in [0.25, 0.3) is 0 Å². The Hall–Kier alpha value is -0.420. The van der Waals surface area contributed by atoms with Crippen molar-refractivity contribution in [3.8, 4) is 0 Å². The van der Waals surface area contributed by atoms with Gasteiger partial charge in [-0.1, -0.05) is 11.6 Å². The van der Waals surface area contributed by atoms with Gasteiger partial charge < -0.3 is 4.90 Å². The maximum Gasteiger partial charge on any atom is 0.128 e.